The first-order valence-electron chi connectivity index (χ1n) is 8.92. The number of fused-ring (bicyclic) bond motifs is 2. The lowest BCUT2D eigenvalue weighted by Gasteiger charge is -2.15. The molecule has 2 aliphatic rings. The van der Waals surface area contributed by atoms with Crippen molar-refractivity contribution in [3.63, 3.8) is 0 Å². The fraction of sp³-hybridized carbons (Fsp3) is 0.200. The Morgan fingerprint density at radius 3 is 2.70 bits per heavy atom. The number of hydrogen-bond acceptors (Lipinski definition) is 5. The first-order chi connectivity index (χ1) is 14.2. The largest absolute Gasteiger partial charge is 0.454 e. The SMILES string of the molecule is Cc1c(C(=O)NCC2=CNC(C(F)(F)F)S2)ccc2c1NC(=O)c1ccccc1O2. The summed E-state index contributed by atoms with van der Waals surface area (Å²) in [6.45, 7) is 1.62. The number of halogens is 3. The Morgan fingerprint density at radius 2 is 1.97 bits per heavy atom. The molecule has 4 rings (SSSR count). The van der Waals surface area contributed by atoms with E-state index in [9.17, 15) is 22.8 Å². The number of alkyl halides is 3. The molecule has 2 heterocycles. The van der Waals surface area contributed by atoms with Crippen molar-refractivity contribution in [1.29, 1.82) is 0 Å². The lowest BCUT2D eigenvalue weighted by atomic mass is 10.0. The van der Waals surface area contributed by atoms with E-state index < -0.39 is 17.5 Å². The van der Waals surface area contributed by atoms with Gasteiger partial charge in [0.25, 0.3) is 11.8 Å². The zero-order chi connectivity index (χ0) is 21.5. The van der Waals surface area contributed by atoms with Gasteiger partial charge in [0.05, 0.1) is 17.8 Å². The topological polar surface area (TPSA) is 79.5 Å². The first-order valence-corrected chi connectivity index (χ1v) is 9.80. The van der Waals surface area contributed by atoms with Gasteiger partial charge in [-0.15, -0.1) is 0 Å². The Balaban J connectivity index is 1.49. The van der Waals surface area contributed by atoms with Crippen molar-refractivity contribution in [2.45, 2.75) is 18.5 Å². The third-order valence-corrected chi connectivity index (χ3v) is 5.85. The summed E-state index contributed by atoms with van der Waals surface area (Å²) in [4.78, 5) is 25.5. The summed E-state index contributed by atoms with van der Waals surface area (Å²) >= 11 is 0.611. The van der Waals surface area contributed by atoms with E-state index in [4.69, 9.17) is 4.74 Å². The fourth-order valence-corrected chi connectivity index (χ4v) is 3.98. The van der Waals surface area contributed by atoms with Gasteiger partial charge in [0.15, 0.2) is 11.1 Å². The van der Waals surface area contributed by atoms with E-state index in [1.54, 1.807) is 43.3 Å². The number of anilines is 1. The van der Waals surface area contributed by atoms with Crippen LogP contribution in [-0.4, -0.2) is 29.9 Å². The molecule has 10 heteroatoms. The number of para-hydroxylation sites is 1. The Bertz CT molecular complexity index is 1070. The Morgan fingerprint density at radius 1 is 1.20 bits per heavy atom. The monoisotopic (exact) mass is 435 g/mol. The van der Waals surface area contributed by atoms with Gasteiger partial charge in [0.2, 0.25) is 0 Å². The predicted molar refractivity (Wildman–Crippen MR) is 107 cm³/mol. The number of thioether (sulfide) groups is 1. The maximum Gasteiger partial charge on any atom is 0.418 e. The lowest BCUT2D eigenvalue weighted by Crippen LogP contribution is -2.33. The van der Waals surface area contributed by atoms with E-state index in [1.165, 1.54) is 6.20 Å². The van der Waals surface area contributed by atoms with Crippen LogP contribution in [0.5, 0.6) is 11.5 Å². The van der Waals surface area contributed by atoms with Gasteiger partial charge in [0, 0.05) is 16.7 Å². The van der Waals surface area contributed by atoms with E-state index >= 15 is 0 Å². The van der Waals surface area contributed by atoms with Crippen molar-refractivity contribution < 1.29 is 27.5 Å². The highest BCUT2D eigenvalue weighted by atomic mass is 32.2. The average Bonchev–Trinajstić information content (AvgIpc) is 3.13. The molecule has 0 bridgehead atoms. The lowest BCUT2D eigenvalue weighted by molar-refractivity contribution is -0.131. The number of benzene rings is 2. The molecule has 0 saturated carbocycles. The molecule has 156 valence electrons. The van der Waals surface area contributed by atoms with Crippen LogP contribution in [0.15, 0.2) is 47.5 Å². The number of rotatable bonds is 3. The molecule has 0 aromatic heterocycles. The van der Waals surface area contributed by atoms with Crippen molar-refractivity contribution in [3.05, 3.63) is 64.2 Å². The molecule has 2 aromatic carbocycles. The third kappa shape index (κ3) is 3.82. The van der Waals surface area contributed by atoms with Crippen molar-refractivity contribution in [2.75, 3.05) is 11.9 Å². The number of ether oxygens (including phenoxy) is 1. The van der Waals surface area contributed by atoms with Gasteiger partial charge in [-0.3, -0.25) is 9.59 Å². The summed E-state index contributed by atoms with van der Waals surface area (Å²) in [5.74, 6) is -0.0269. The van der Waals surface area contributed by atoms with Crippen LogP contribution in [-0.2, 0) is 0 Å². The van der Waals surface area contributed by atoms with Crippen LogP contribution in [0.1, 0.15) is 26.3 Å². The highest BCUT2D eigenvalue weighted by molar-refractivity contribution is 8.04. The molecule has 1 unspecified atom stereocenters. The van der Waals surface area contributed by atoms with Crippen LogP contribution in [0.3, 0.4) is 0 Å². The maximum atomic E-state index is 12.7. The van der Waals surface area contributed by atoms with Gasteiger partial charge in [-0.1, -0.05) is 23.9 Å². The minimum Gasteiger partial charge on any atom is -0.454 e. The molecule has 2 amide bonds. The molecule has 0 aliphatic carbocycles. The molecule has 0 radical (unpaired) electrons. The summed E-state index contributed by atoms with van der Waals surface area (Å²) in [5, 5.41) is 5.91. The van der Waals surface area contributed by atoms with Crippen LogP contribution in [0, 0.1) is 6.92 Å². The van der Waals surface area contributed by atoms with Crippen LogP contribution in [0.2, 0.25) is 0 Å². The highest BCUT2D eigenvalue weighted by Crippen LogP contribution is 2.39. The molecule has 30 heavy (non-hydrogen) atoms. The number of amides is 2. The zero-order valence-corrected chi connectivity index (χ0v) is 16.4. The standard InChI is InChI=1S/C20H16F3N3O3S/c1-10-12(17(27)24-8-11-9-25-19(30-11)20(21,22)23)6-7-15-16(10)26-18(28)13-4-2-3-5-14(13)29-15/h2-7,9,19,25H,8H2,1H3,(H,24,27)(H,26,28). The maximum absolute atomic E-state index is 12.7. The minimum atomic E-state index is -4.38. The van der Waals surface area contributed by atoms with Gasteiger partial charge in [-0.2, -0.15) is 13.2 Å². The van der Waals surface area contributed by atoms with Crippen molar-refractivity contribution in [3.8, 4) is 11.5 Å². The quantitative estimate of drug-likeness (QED) is 0.675. The van der Waals surface area contributed by atoms with Crippen molar-refractivity contribution in [2.24, 2.45) is 0 Å². The van der Waals surface area contributed by atoms with E-state index in [2.05, 4.69) is 16.0 Å². The van der Waals surface area contributed by atoms with Crippen molar-refractivity contribution >= 4 is 29.3 Å². The van der Waals surface area contributed by atoms with Gasteiger partial charge < -0.3 is 20.7 Å². The van der Waals surface area contributed by atoms with E-state index in [-0.39, 0.29) is 18.0 Å². The van der Waals surface area contributed by atoms with Crippen molar-refractivity contribution in [1.82, 2.24) is 10.6 Å². The number of carbonyl (C=O) groups is 2. The van der Waals surface area contributed by atoms with Crippen LogP contribution in [0.4, 0.5) is 18.9 Å². The molecule has 0 fully saturated rings. The predicted octanol–water partition coefficient (Wildman–Crippen LogP) is 4.15. The second kappa shape index (κ2) is 7.60. The molecule has 0 saturated heterocycles. The van der Waals surface area contributed by atoms with Gasteiger partial charge in [0.1, 0.15) is 5.75 Å². The second-order valence-corrected chi connectivity index (χ2v) is 7.89. The number of hydrogen-bond donors (Lipinski definition) is 3. The van der Waals surface area contributed by atoms with E-state index in [0.29, 0.717) is 45.0 Å². The second-order valence-electron chi connectivity index (χ2n) is 6.66. The Kier molecular flexibility index (Phi) is 5.10. The summed E-state index contributed by atoms with van der Waals surface area (Å²) < 4.78 is 44.0. The Labute approximate surface area is 173 Å². The molecular weight excluding hydrogens is 419 g/mol. The van der Waals surface area contributed by atoms with Crippen LogP contribution in [0.25, 0.3) is 0 Å². The molecule has 1 atom stereocenters. The normalized spacial score (nSPS) is 17.5. The molecule has 2 aliphatic heterocycles. The van der Waals surface area contributed by atoms with E-state index in [0.717, 1.165) is 0 Å². The summed E-state index contributed by atoms with van der Waals surface area (Å²) in [6, 6.07) is 9.90. The zero-order valence-electron chi connectivity index (χ0n) is 15.6. The molecule has 0 spiro atoms. The van der Waals surface area contributed by atoms with Crippen LogP contribution >= 0.6 is 11.8 Å². The molecule has 3 N–H and O–H groups in total. The molecule has 2 aromatic rings. The average molecular weight is 435 g/mol. The molecular formula is C20H16F3N3O3S. The Hall–Kier alpha value is -3.14. The number of carbonyl (C=O) groups excluding carboxylic acids is 2. The molecule has 6 nitrogen and oxygen atoms in total. The fourth-order valence-electron chi connectivity index (χ4n) is 3.12. The van der Waals surface area contributed by atoms with Gasteiger partial charge >= 0.3 is 6.18 Å². The van der Waals surface area contributed by atoms with Gasteiger partial charge in [-0.05, 0) is 36.8 Å². The van der Waals surface area contributed by atoms with Gasteiger partial charge in [-0.25, -0.2) is 0 Å². The summed E-state index contributed by atoms with van der Waals surface area (Å²) in [5.41, 5.74) is 1.52. The highest BCUT2D eigenvalue weighted by Gasteiger charge is 2.42. The minimum absolute atomic E-state index is 0.0477. The van der Waals surface area contributed by atoms with E-state index in [1.807, 2.05) is 0 Å². The number of nitrogens with one attached hydrogen (secondary N) is 3. The van der Waals surface area contributed by atoms with Crippen LogP contribution < -0.4 is 20.7 Å². The summed E-state index contributed by atoms with van der Waals surface area (Å²) in [7, 11) is 0. The third-order valence-electron chi connectivity index (χ3n) is 4.65. The summed E-state index contributed by atoms with van der Waals surface area (Å²) in [6.07, 6.45) is -3.13. The smallest absolute Gasteiger partial charge is 0.418 e. The first kappa shape index (κ1) is 20.1.